The van der Waals surface area contributed by atoms with E-state index in [0.717, 1.165) is 5.69 Å². The minimum Gasteiger partial charge on any atom is -0.409 e. The van der Waals surface area contributed by atoms with Crippen molar-refractivity contribution in [2.24, 2.45) is 10.9 Å². The van der Waals surface area contributed by atoms with Crippen LogP contribution in [0.5, 0.6) is 0 Å². The molecular formula is C12H11ClN4O. The van der Waals surface area contributed by atoms with Crippen LogP contribution < -0.4 is 11.1 Å². The van der Waals surface area contributed by atoms with Gasteiger partial charge in [0.05, 0.1) is 10.7 Å². The monoisotopic (exact) mass is 262 g/mol. The Morgan fingerprint density at radius 3 is 2.67 bits per heavy atom. The molecule has 5 nitrogen and oxygen atoms in total. The lowest BCUT2D eigenvalue weighted by molar-refractivity contribution is 0.318. The van der Waals surface area contributed by atoms with Crippen molar-refractivity contribution in [1.82, 2.24) is 4.98 Å². The van der Waals surface area contributed by atoms with Crippen molar-refractivity contribution >= 4 is 28.9 Å². The van der Waals surface area contributed by atoms with Crippen LogP contribution >= 0.6 is 11.6 Å². The molecule has 1 aromatic carbocycles. The fourth-order valence-corrected chi connectivity index (χ4v) is 1.56. The van der Waals surface area contributed by atoms with Gasteiger partial charge in [0.2, 0.25) is 0 Å². The first-order valence-corrected chi connectivity index (χ1v) is 5.54. The highest BCUT2D eigenvalue weighted by Crippen LogP contribution is 2.23. The highest BCUT2D eigenvalue weighted by Gasteiger charge is 2.02. The maximum absolute atomic E-state index is 8.53. The van der Waals surface area contributed by atoms with E-state index in [1.165, 1.54) is 6.20 Å². The van der Waals surface area contributed by atoms with Crippen molar-refractivity contribution in [3.8, 4) is 0 Å². The average molecular weight is 263 g/mol. The van der Waals surface area contributed by atoms with Crippen LogP contribution in [-0.2, 0) is 0 Å². The van der Waals surface area contributed by atoms with Crippen molar-refractivity contribution in [1.29, 1.82) is 0 Å². The first-order valence-electron chi connectivity index (χ1n) is 5.16. The molecule has 0 aliphatic carbocycles. The number of hydrogen-bond donors (Lipinski definition) is 3. The number of aromatic nitrogens is 1. The van der Waals surface area contributed by atoms with Gasteiger partial charge in [-0.25, -0.2) is 4.98 Å². The van der Waals surface area contributed by atoms with Crippen LogP contribution in [-0.4, -0.2) is 16.0 Å². The van der Waals surface area contributed by atoms with E-state index in [1.807, 2.05) is 18.2 Å². The second-order valence-corrected chi connectivity index (χ2v) is 3.93. The summed E-state index contributed by atoms with van der Waals surface area (Å²) in [5.74, 6) is 0.643. The zero-order valence-electron chi connectivity index (χ0n) is 9.34. The SMILES string of the molecule is N/C(=N\O)c1ccc(Nc2ccccc2Cl)nc1. The quantitative estimate of drug-likeness (QED) is 0.344. The third-order valence-corrected chi connectivity index (χ3v) is 2.63. The van der Waals surface area contributed by atoms with Crippen molar-refractivity contribution < 1.29 is 5.21 Å². The van der Waals surface area contributed by atoms with Gasteiger partial charge in [0.1, 0.15) is 5.82 Å². The van der Waals surface area contributed by atoms with Gasteiger partial charge in [-0.1, -0.05) is 28.9 Å². The highest BCUT2D eigenvalue weighted by molar-refractivity contribution is 6.33. The lowest BCUT2D eigenvalue weighted by Crippen LogP contribution is -2.13. The fourth-order valence-electron chi connectivity index (χ4n) is 1.38. The van der Waals surface area contributed by atoms with Crippen molar-refractivity contribution in [3.05, 3.63) is 53.2 Å². The van der Waals surface area contributed by atoms with Crippen molar-refractivity contribution in [3.63, 3.8) is 0 Å². The van der Waals surface area contributed by atoms with Crippen LogP contribution in [0.2, 0.25) is 5.02 Å². The predicted octanol–water partition coefficient (Wildman–Crippen LogP) is 2.57. The Hall–Kier alpha value is -2.27. The number of oxime groups is 1. The van der Waals surface area contributed by atoms with Crippen LogP contribution in [0.1, 0.15) is 5.56 Å². The maximum Gasteiger partial charge on any atom is 0.171 e. The second-order valence-electron chi connectivity index (χ2n) is 3.52. The van der Waals surface area contributed by atoms with Gasteiger partial charge in [-0.05, 0) is 24.3 Å². The van der Waals surface area contributed by atoms with Crippen molar-refractivity contribution in [2.45, 2.75) is 0 Å². The number of hydrogen-bond acceptors (Lipinski definition) is 4. The summed E-state index contributed by atoms with van der Waals surface area (Å²) in [4.78, 5) is 4.14. The van der Waals surface area contributed by atoms with Gasteiger partial charge < -0.3 is 16.3 Å². The molecule has 0 spiro atoms. The molecule has 6 heteroatoms. The molecule has 0 saturated carbocycles. The van der Waals surface area contributed by atoms with Gasteiger partial charge in [0.15, 0.2) is 5.84 Å². The fraction of sp³-hybridized carbons (Fsp3) is 0. The Bertz CT molecular complexity index is 569. The highest BCUT2D eigenvalue weighted by atomic mass is 35.5. The van der Waals surface area contributed by atoms with Gasteiger partial charge >= 0.3 is 0 Å². The van der Waals surface area contributed by atoms with Gasteiger partial charge in [-0.2, -0.15) is 0 Å². The molecule has 0 aliphatic rings. The van der Waals surface area contributed by atoms with Crippen LogP contribution in [0.15, 0.2) is 47.8 Å². The number of pyridine rings is 1. The Balaban J connectivity index is 2.19. The first-order chi connectivity index (χ1) is 8.70. The molecule has 0 bridgehead atoms. The van der Waals surface area contributed by atoms with E-state index in [4.69, 9.17) is 22.5 Å². The molecule has 0 atom stereocenters. The number of nitrogens with two attached hydrogens (primary N) is 1. The molecule has 0 fully saturated rings. The summed E-state index contributed by atoms with van der Waals surface area (Å²) in [6.07, 6.45) is 1.51. The first kappa shape index (κ1) is 12.2. The van der Waals surface area contributed by atoms with Gasteiger partial charge in [0.25, 0.3) is 0 Å². The summed E-state index contributed by atoms with van der Waals surface area (Å²) in [5, 5.41) is 15.1. The second kappa shape index (κ2) is 5.37. The summed E-state index contributed by atoms with van der Waals surface area (Å²) in [5.41, 5.74) is 6.75. The summed E-state index contributed by atoms with van der Waals surface area (Å²) in [6.45, 7) is 0. The number of benzene rings is 1. The van der Waals surface area contributed by atoms with E-state index >= 15 is 0 Å². The number of halogens is 1. The lowest BCUT2D eigenvalue weighted by Gasteiger charge is -2.07. The molecule has 0 radical (unpaired) electrons. The van der Waals surface area contributed by atoms with Crippen LogP contribution in [0.4, 0.5) is 11.5 Å². The summed E-state index contributed by atoms with van der Waals surface area (Å²) in [6, 6.07) is 10.8. The Kier molecular flexibility index (Phi) is 3.64. The summed E-state index contributed by atoms with van der Waals surface area (Å²) in [7, 11) is 0. The minimum absolute atomic E-state index is 0.0202. The van der Waals surface area contributed by atoms with Gasteiger partial charge in [-0.3, -0.25) is 0 Å². The zero-order chi connectivity index (χ0) is 13.0. The number of amidine groups is 1. The topological polar surface area (TPSA) is 83.5 Å². The third kappa shape index (κ3) is 2.70. The smallest absolute Gasteiger partial charge is 0.171 e. The zero-order valence-corrected chi connectivity index (χ0v) is 10.1. The van der Waals surface area contributed by atoms with Gasteiger partial charge in [0, 0.05) is 11.8 Å². The average Bonchev–Trinajstić information content (AvgIpc) is 2.41. The maximum atomic E-state index is 8.53. The van der Waals surface area contributed by atoms with Crippen LogP contribution in [0.3, 0.4) is 0 Å². The minimum atomic E-state index is 0.0202. The molecule has 4 N–H and O–H groups in total. The molecule has 1 heterocycles. The molecule has 1 aromatic heterocycles. The van der Waals surface area contributed by atoms with Crippen molar-refractivity contribution in [2.75, 3.05) is 5.32 Å². The number of anilines is 2. The standard InChI is InChI=1S/C12H11ClN4O/c13-9-3-1-2-4-10(9)16-11-6-5-8(7-15-11)12(14)17-18/h1-7,18H,(H2,14,17)(H,15,16). The summed E-state index contributed by atoms with van der Waals surface area (Å²) < 4.78 is 0. The Morgan fingerprint density at radius 1 is 1.28 bits per heavy atom. The largest absolute Gasteiger partial charge is 0.409 e. The van der Waals surface area contributed by atoms with E-state index in [0.29, 0.717) is 16.4 Å². The normalized spacial score (nSPS) is 11.3. The molecule has 2 aromatic rings. The molecule has 0 amide bonds. The molecule has 18 heavy (non-hydrogen) atoms. The number of nitrogens with one attached hydrogen (secondary N) is 1. The Labute approximate surface area is 109 Å². The van der Waals surface area contributed by atoms with Crippen LogP contribution in [0.25, 0.3) is 0 Å². The predicted molar refractivity (Wildman–Crippen MR) is 71.5 cm³/mol. The number of nitrogens with zero attached hydrogens (tertiary/aromatic N) is 2. The molecular weight excluding hydrogens is 252 g/mol. The number of para-hydroxylation sites is 1. The lowest BCUT2D eigenvalue weighted by atomic mass is 10.2. The third-order valence-electron chi connectivity index (χ3n) is 2.30. The molecule has 0 saturated heterocycles. The van der Waals surface area contributed by atoms with E-state index in [1.54, 1.807) is 18.2 Å². The number of rotatable bonds is 3. The molecule has 92 valence electrons. The molecule has 2 rings (SSSR count). The van der Waals surface area contributed by atoms with Crippen LogP contribution in [0, 0.1) is 0 Å². The summed E-state index contributed by atoms with van der Waals surface area (Å²) >= 11 is 6.02. The molecule has 0 unspecified atom stereocenters. The van der Waals surface area contributed by atoms with E-state index in [-0.39, 0.29) is 5.84 Å². The molecule has 0 aliphatic heterocycles. The van der Waals surface area contributed by atoms with E-state index in [9.17, 15) is 0 Å². The Morgan fingerprint density at radius 2 is 2.06 bits per heavy atom. The van der Waals surface area contributed by atoms with E-state index < -0.39 is 0 Å². The van der Waals surface area contributed by atoms with E-state index in [2.05, 4.69) is 15.5 Å². The van der Waals surface area contributed by atoms with Gasteiger partial charge in [-0.15, -0.1) is 0 Å².